The monoisotopic (exact) mass is 769 g/mol. The number of nitrogens with two attached hydrogens (primary N) is 1. The van der Waals surface area contributed by atoms with Crippen LogP contribution in [0.15, 0.2) is 83.6 Å². The maximum absolute atomic E-state index is 11.5. The molecule has 5 rings (SSSR count). The summed E-state index contributed by atoms with van der Waals surface area (Å²) >= 11 is 5.48. The molecular weight excluding hydrogens is 742 g/mol. The Bertz CT molecular complexity index is 1900. The molecule has 0 unspecified atom stereocenters. The number of alkyl halides is 1. The molecule has 0 saturated heterocycles. The third-order valence-corrected chi connectivity index (χ3v) is 8.16. The van der Waals surface area contributed by atoms with Gasteiger partial charge in [0.1, 0.15) is 0 Å². The number of ketones is 1. The van der Waals surface area contributed by atoms with E-state index in [4.69, 9.17) is 15.2 Å². The number of aromatic nitrogens is 2. The van der Waals surface area contributed by atoms with Gasteiger partial charge in [0.15, 0.2) is 5.78 Å². The summed E-state index contributed by atoms with van der Waals surface area (Å²) in [5, 5.41) is 25.2. The van der Waals surface area contributed by atoms with Crippen LogP contribution in [0.3, 0.4) is 0 Å². The first-order chi connectivity index (χ1) is 23.5. The fourth-order valence-electron chi connectivity index (χ4n) is 3.64. The predicted molar refractivity (Wildman–Crippen MR) is 189 cm³/mol. The topological polar surface area (TPSA) is 208 Å². The highest BCUT2D eigenvalue weighted by atomic mass is 79.9. The number of nitrogens with zero attached hydrogens (tertiary/aromatic N) is 4. The number of carbonyl (C=O) groups is 3. The normalized spacial score (nSPS) is 10.0. The van der Waals surface area contributed by atoms with Crippen molar-refractivity contribution in [3.05, 3.63) is 119 Å². The molecule has 49 heavy (non-hydrogen) atoms. The number of halogens is 1. The summed E-state index contributed by atoms with van der Waals surface area (Å²) in [5.74, 6) is -0.922. The Morgan fingerprint density at radius 1 is 0.714 bits per heavy atom. The Morgan fingerprint density at radius 3 is 1.47 bits per heavy atom. The van der Waals surface area contributed by atoms with Crippen molar-refractivity contribution >= 4 is 73.4 Å². The lowest BCUT2D eigenvalue weighted by molar-refractivity contribution is -0.385. The van der Waals surface area contributed by atoms with Crippen LogP contribution in [0.1, 0.15) is 43.8 Å². The Morgan fingerprint density at radius 2 is 1.10 bits per heavy atom. The number of anilines is 1. The molecule has 2 N–H and O–H groups in total. The fraction of sp³-hybridized carbons (Fsp3) is 0.156. The van der Waals surface area contributed by atoms with Crippen LogP contribution in [0.4, 0.5) is 17.1 Å². The van der Waals surface area contributed by atoms with Crippen LogP contribution in [0, 0.1) is 20.2 Å². The van der Waals surface area contributed by atoms with Crippen molar-refractivity contribution in [2.24, 2.45) is 0 Å². The SMILES string of the molecule is CCOC(=O)c1nc(-c2ccc(N)cc2)cs1.CCOC(=O)c1nc(-c2ccc([N+](=O)[O-])cc2)cs1.O=C(CBr)c1ccc([N+](=O)[O-])cc1. The maximum Gasteiger partial charge on any atom is 0.367 e. The molecule has 5 aromatic rings. The molecule has 0 aliphatic carbocycles. The molecule has 2 aromatic heterocycles. The van der Waals surface area contributed by atoms with Gasteiger partial charge in [-0.2, -0.15) is 0 Å². The lowest BCUT2D eigenvalue weighted by atomic mass is 10.1. The second kappa shape index (κ2) is 18.8. The summed E-state index contributed by atoms with van der Waals surface area (Å²) in [7, 11) is 0. The standard InChI is InChI=1S/C12H10N2O4S.C12H12N2O2S.C8H6BrNO3/c1-2-18-12(15)11-13-10(7-19-11)8-3-5-9(6-4-8)14(16)17;1-2-16-12(15)11-14-10(7-17-11)8-3-5-9(13)6-4-8;9-5-8(11)6-1-3-7(4-2-6)10(12)13/h3-7H,2H2,1H3;3-7H,2,13H2,1H3;1-4H,5H2. The highest BCUT2D eigenvalue weighted by molar-refractivity contribution is 9.09. The first-order valence-corrected chi connectivity index (χ1v) is 17.0. The molecule has 0 atom stereocenters. The van der Waals surface area contributed by atoms with Gasteiger partial charge in [0, 0.05) is 57.4 Å². The average molecular weight is 771 g/mol. The number of thiazole rings is 2. The summed E-state index contributed by atoms with van der Waals surface area (Å²) in [5.41, 5.74) is 9.81. The van der Waals surface area contributed by atoms with Crippen LogP contribution in [-0.2, 0) is 9.47 Å². The molecular formula is C32H28BrN5O9S2. The average Bonchev–Trinajstić information content (AvgIpc) is 3.81. The van der Waals surface area contributed by atoms with Crippen LogP contribution >= 0.6 is 38.6 Å². The van der Waals surface area contributed by atoms with E-state index in [9.17, 15) is 34.6 Å². The van der Waals surface area contributed by atoms with Crippen molar-refractivity contribution in [1.29, 1.82) is 0 Å². The quantitative estimate of drug-likeness (QED) is 0.0363. The van der Waals surface area contributed by atoms with Gasteiger partial charge < -0.3 is 15.2 Å². The molecule has 0 radical (unpaired) electrons. The molecule has 0 bridgehead atoms. The second-order valence-corrected chi connectivity index (χ2v) is 11.6. The number of nitro groups is 2. The van der Waals surface area contributed by atoms with Gasteiger partial charge in [-0.05, 0) is 50.2 Å². The highest BCUT2D eigenvalue weighted by Gasteiger charge is 2.15. The van der Waals surface area contributed by atoms with Gasteiger partial charge in [-0.3, -0.25) is 25.0 Å². The summed E-state index contributed by atoms with van der Waals surface area (Å²) in [4.78, 5) is 62.2. The minimum atomic E-state index is -0.498. The maximum atomic E-state index is 11.5. The number of Topliss-reactive ketones (excluding diaryl/α,β-unsaturated/α-hetero) is 1. The molecule has 2 heterocycles. The van der Waals surface area contributed by atoms with Gasteiger partial charge in [0.05, 0.1) is 39.8 Å². The fourth-order valence-corrected chi connectivity index (χ4v) is 5.40. The first-order valence-electron chi connectivity index (χ1n) is 14.2. The third kappa shape index (κ3) is 11.4. The van der Waals surface area contributed by atoms with E-state index < -0.39 is 15.8 Å². The van der Waals surface area contributed by atoms with Crippen molar-refractivity contribution < 1.29 is 33.7 Å². The van der Waals surface area contributed by atoms with Gasteiger partial charge >= 0.3 is 11.9 Å². The zero-order valence-corrected chi connectivity index (χ0v) is 29.2. The van der Waals surface area contributed by atoms with Crippen LogP contribution < -0.4 is 5.73 Å². The van der Waals surface area contributed by atoms with Crippen molar-refractivity contribution in [3.8, 4) is 22.5 Å². The van der Waals surface area contributed by atoms with E-state index in [0.29, 0.717) is 35.2 Å². The Hall–Kier alpha value is -5.39. The van der Waals surface area contributed by atoms with E-state index in [1.165, 1.54) is 59.1 Å². The number of hydrogen-bond donors (Lipinski definition) is 1. The summed E-state index contributed by atoms with van der Waals surface area (Å²) < 4.78 is 9.73. The van der Waals surface area contributed by atoms with Gasteiger partial charge in [-0.25, -0.2) is 19.6 Å². The van der Waals surface area contributed by atoms with Gasteiger partial charge in [-0.15, -0.1) is 22.7 Å². The molecule has 0 spiro atoms. The zero-order valence-electron chi connectivity index (χ0n) is 25.9. The van der Waals surface area contributed by atoms with Crippen molar-refractivity contribution in [2.75, 3.05) is 24.3 Å². The summed E-state index contributed by atoms with van der Waals surface area (Å²) in [6.07, 6.45) is 0. The molecule has 254 valence electrons. The van der Waals surface area contributed by atoms with E-state index in [0.717, 1.165) is 16.8 Å². The minimum Gasteiger partial charge on any atom is -0.461 e. The Labute approximate surface area is 296 Å². The van der Waals surface area contributed by atoms with E-state index in [2.05, 4.69) is 25.9 Å². The number of carbonyl (C=O) groups excluding carboxylic acids is 3. The van der Waals surface area contributed by atoms with Crippen LogP contribution in [0.25, 0.3) is 22.5 Å². The van der Waals surface area contributed by atoms with E-state index in [1.807, 2.05) is 17.5 Å². The molecule has 0 saturated carbocycles. The number of hydrogen-bond acceptors (Lipinski definition) is 14. The molecule has 14 nitrogen and oxygen atoms in total. The molecule has 0 fully saturated rings. The van der Waals surface area contributed by atoms with E-state index in [-0.39, 0.29) is 33.5 Å². The van der Waals surface area contributed by atoms with E-state index >= 15 is 0 Å². The third-order valence-electron chi connectivity index (χ3n) is 6.01. The molecule has 17 heteroatoms. The number of ether oxygens (including phenoxy) is 2. The first kappa shape index (κ1) is 38.1. The second-order valence-electron chi connectivity index (χ2n) is 9.30. The van der Waals surface area contributed by atoms with Crippen molar-refractivity contribution in [2.45, 2.75) is 13.8 Å². The molecule has 0 aliphatic heterocycles. The number of benzene rings is 3. The number of non-ortho nitro benzene ring substituents is 2. The lowest BCUT2D eigenvalue weighted by Gasteiger charge is -1.98. The molecule has 0 aliphatic rings. The zero-order chi connectivity index (χ0) is 35.9. The lowest BCUT2D eigenvalue weighted by Crippen LogP contribution is -2.03. The number of rotatable bonds is 10. The minimum absolute atomic E-state index is 0.00822. The van der Waals surface area contributed by atoms with Gasteiger partial charge in [0.2, 0.25) is 10.0 Å². The molecule has 3 aromatic carbocycles. The summed E-state index contributed by atoms with van der Waals surface area (Å²) in [6, 6.07) is 18.9. The van der Waals surface area contributed by atoms with Crippen LogP contribution in [0.2, 0.25) is 0 Å². The number of esters is 2. The van der Waals surface area contributed by atoms with Gasteiger partial charge in [-0.1, -0.05) is 28.1 Å². The Kier molecular flexibility index (Phi) is 14.6. The van der Waals surface area contributed by atoms with Crippen LogP contribution in [-0.4, -0.2) is 56.1 Å². The molecule has 0 amide bonds. The number of nitro benzene ring substituents is 2. The van der Waals surface area contributed by atoms with Gasteiger partial charge in [0.25, 0.3) is 11.4 Å². The van der Waals surface area contributed by atoms with Crippen LogP contribution in [0.5, 0.6) is 0 Å². The predicted octanol–water partition coefficient (Wildman–Crippen LogP) is 7.64. The largest absolute Gasteiger partial charge is 0.461 e. The smallest absolute Gasteiger partial charge is 0.367 e. The Balaban J connectivity index is 0.000000203. The van der Waals surface area contributed by atoms with E-state index in [1.54, 1.807) is 43.5 Å². The number of nitrogen functional groups attached to an aromatic ring is 1. The van der Waals surface area contributed by atoms with Crippen molar-refractivity contribution in [1.82, 2.24) is 9.97 Å². The highest BCUT2D eigenvalue weighted by Crippen LogP contribution is 2.25. The van der Waals surface area contributed by atoms with Crippen molar-refractivity contribution in [3.63, 3.8) is 0 Å². The summed E-state index contributed by atoms with van der Waals surface area (Å²) in [6.45, 7) is 4.15.